The van der Waals surface area contributed by atoms with Crippen LogP contribution in [0.1, 0.15) is 16.8 Å². The van der Waals surface area contributed by atoms with E-state index in [2.05, 4.69) is 0 Å². The van der Waals surface area contributed by atoms with Crippen LogP contribution < -0.4 is 14.2 Å². The zero-order valence-corrected chi connectivity index (χ0v) is 16.4. The van der Waals surface area contributed by atoms with Crippen molar-refractivity contribution in [3.05, 3.63) is 53.8 Å². The van der Waals surface area contributed by atoms with Gasteiger partial charge in [0.25, 0.3) is 5.91 Å². The van der Waals surface area contributed by atoms with Crippen LogP contribution >= 0.6 is 0 Å². The van der Waals surface area contributed by atoms with Crippen LogP contribution in [-0.2, 0) is 9.53 Å². The Morgan fingerprint density at radius 3 is 2.38 bits per heavy atom. The van der Waals surface area contributed by atoms with Crippen LogP contribution in [0, 0.1) is 5.82 Å². The third-order valence-electron chi connectivity index (χ3n) is 4.76. The molecule has 1 fully saturated rings. The summed E-state index contributed by atoms with van der Waals surface area (Å²) in [6.45, 7) is 0.0906. The zero-order valence-electron chi connectivity index (χ0n) is 16.4. The SMILES string of the molecule is COC(=O)C1CC(Oc2ccccc2F)CN1C(=O)c1cccc(OC)c1OC. The number of likely N-dealkylation sites (tertiary alicyclic amines) is 1. The Hall–Kier alpha value is -3.29. The number of ether oxygens (including phenoxy) is 4. The molecule has 0 saturated carbocycles. The standard InChI is InChI=1S/C21H22FNO6/c1-26-18-10-6-7-14(19(18)27-2)20(24)23-12-13(11-16(23)21(25)28-3)29-17-9-5-4-8-15(17)22/h4-10,13,16H,11-12H2,1-3H3. The van der Waals surface area contributed by atoms with Crippen molar-refractivity contribution in [2.45, 2.75) is 18.6 Å². The van der Waals surface area contributed by atoms with Gasteiger partial charge >= 0.3 is 5.97 Å². The number of hydrogen-bond acceptors (Lipinski definition) is 6. The molecule has 0 aromatic heterocycles. The van der Waals surface area contributed by atoms with Crippen molar-refractivity contribution >= 4 is 11.9 Å². The van der Waals surface area contributed by atoms with Gasteiger partial charge in [0.2, 0.25) is 0 Å². The van der Waals surface area contributed by atoms with Gasteiger partial charge in [0.15, 0.2) is 23.1 Å². The predicted molar refractivity (Wildman–Crippen MR) is 102 cm³/mol. The van der Waals surface area contributed by atoms with Crippen LogP contribution in [0.25, 0.3) is 0 Å². The molecule has 0 aliphatic carbocycles. The van der Waals surface area contributed by atoms with Crippen LogP contribution in [0.3, 0.4) is 0 Å². The van der Waals surface area contributed by atoms with E-state index in [0.29, 0.717) is 5.75 Å². The van der Waals surface area contributed by atoms with Crippen molar-refractivity contribution in [2.24, 2.45) is 0 Å². The Kier molecular flexibility index (Phi) is 6.21. The van der Waals surface area contributed by atoms with Crippen LogP contribution in [-0.4, -0.2) is 56.8 Å². The lowest BCUT2D eigenvalue weighted by Crippen LogP contribution is -2.41. The molecule has 1 amide bonds. The molecule has 0 N–H and O–H groups in total. The summed E-state index contributed by atoms with van der Waals surface area (Å²) in [7, 11) is 4.15. The molecule has 7 nitrogen and oxygen atoms in total. The maximum Gasteiger partial charge on any atom is 0.328 e. The lowest BCUT2D eigenvalue weighted by atomic mass is 10.1. The molecule has 0 radical (unpaired) electrons. The molecule has 1 aliphatic rings. The number of methoxy groups -OCH3 is 3. The second-order valence-corrected chi connectivity index (χ2v) is 6.44. The van der Waals surface area contributed by atoms with E-state index in [0.717, 1.165) is 0 Å². The number of hydrogen-bond donors (Lipinski definition) is 0. The van der Waals surface area contributed by atoms with Crippen molar-refractivity contribution in [2.75, 3.05) is 27.9 Å². The predicted octanol–water partition coefficient (Wildman–Crippen LogP) is 2.68. The summed E-state index contributed by atoms with van der Waals surface area (Å²) in [5.74, 6) is -0.792. The molecule has 2 aromatic rings. The number of esters is 1. The summed E-state index contributed by atoms with van der Waals surface area (Å²) >= 11 is 0. The van der Waals surface area contributed by atoms with Gasteiger partial charge in [0.1, 0.15) is 12.1 Å². The van der Waals surface area contributed by atoms with Crippen LogP contribution in [0.2, 0.25) is 0 Å². The fourth-order valence-electron chi connectivity index (χ4n) is 3.40. The zero-order chi connectivity index (χ0) is 21.0. The number of benzene rings is 2. The Morgan fingerprint density at radius 1 is 1.00 bits per heavy atom. The fraction of sp³-hybridized carbons (Fsp3) is 0.333. The third-order valence-corrected chi connectivity index (χ3v) is 4.76. The Morgan fingerprint density at radius 2 is 1.72 bits per heavy atom. The van der Waals surface area contributed by atoms with Gasteiger partial charge in [-0.2, -0.15) is 0 Å². The molecule has 0 bridgehead atoms. The van der Waals surface area contributed by atoms with Gasteiger partial charge in [-0.05, 0) is 24.3 Å². The summed E-state index contributed by atoms with van der Waals surface area (Å²) in [6.07, 6.45) is -0.393. The number of carbonyl (C=O) groups excluding carboxylic acids is 2. The van der Waals surface area contributed by atoms with Gasteiger partial charge in [-0.25, -0.2) is 9.18 Å². The molecule has 2 aromatic carbocycles. The summed E-state index contributed by atoms with van der Waals surface area (Å²) in [5, 5.41) is 0. The minimum atomic E-state index is -0.861. The van der Waals surface area contributed by atoms with E-state index < -0.39 is 29.8 Å². The minimum Gasteiger partial charge on any atom is -0.493 e. The topological polar surface area (TPSA) is 74.3 Å². The number of rotatable bonds is 6. The van der Waals surface area contributed by atoms with Crippen molar-refractivity contribution in [3.63, 3.8) is 0 Å². The highest BCUT2D eigenvalue weighted by atomic mass is 19.1. The summed E-state index contributed by atoms with van der Waals surface area (Å²) < 4.78 is 35.1. The number of para-hydroxylation sites is 2. The van der Waals surface area contributed by atoms with Crippen molar-refractivity contribution < 1.29 is 32.9 Å². The highest BCUT2D eigenvalue weighted by Crippen LogP contribution is 2.34. The van der Waals surface area contributed by atoms with E-state index in [-0.39, 0.29) is 30.0 Å². The van der Waals surface area contributed by atoms with E-state index in [1.165, 1.54) is 38.4 Å². The maximum absolute atomic E-state index is 13.9. The molecule has 3 rings (SSSR count). The van der Waals surface area contributed by atoms with Crippen molar-refractivity contribution in [3.8, 4) is 17.2 Å². The van der Waals surface area contributed by atoms with Crippen LogP contribution in [0.5, 0.6) is 17.2 Å². The molecule has 2 unspecified atom stereocenters. The van der Waals surface area contributed by atoms with Gasteiger partial charge < -0.3 is 23.8 Å². The lowest BCUT2D eigenvalue weighted by Gasteiger charge is -2.23. The largest absolute Gasteiger partial charge is 0.493 e. The first-order chi connectivity index (χ1) is 14.0. The molecule has 29 heavy (non-hydrogen) atoms. The van der Waals surface area contributed by atoms with Gasteiger partial charge in [-0.3, -0.25) is 4.79 Å². The van der Waals surface area contributed by atoms with Crippen LogP contribution in [0.4, 0.5) is 4.39 Å². The normalized spacial score (nSPS) is 18.3. The van der Waals surface area contributed by atoms with E-state index in [1.807, 2.05) is 0 Å². The molecule has 0 spiro atoms. The van der Waals surface area contributed by atoms with E-state index >= 15 is 0 Å². The average molecular weight is 403 g/mol. The molecule has 1 heterocycles. The number of carbonyl (C=O) groups is 2. The lowest BCUT2D eigenvalue weighted by molar-refractivity contribution is -0.145. The van der Waals surface area contributed by atoms with E-state index in [9.17, 15) is 14.0 Å². The first-order valence-corrected chi connectivity index (χ1v) is 9.01. The summed E-state index contributed by atoms with van der Waals surface area (Å²) in [6, 6.07) is 10.0. The van der Waals surface area contributed by atoms with Crippen molar-refractivity contribution in [1.82, 2.24) is 4.90 Å². The molecule has 2 atom stereocenters. The summed E-state index contributed by atoms with van der Waals surface area (Å²) in [4.78, 5) is 26.9. The van der Waals surface area contributed by atoms with E-state index in [1.54, 1.807) is 30.3 Å². The monoisotopic (exact) mass is 403 g/mol. The Labute approximate surface area is 167 Å². The van der Waals surface area contributed by atoms with Crippen molar-refractivity contribution in [1.29, 1.82) is 0 Å². The molecule has 8 heteroatoms. The number of halogens is 1. The first kappa shape index (κ1) is 20.4. The second kappa shape index (κ2) is 8.81. The molecule has 154 valence electrons. The highest BCUT2D eigenvalue weighted by molar-refractivity contribution is 6.00. The smallest absolute Gasteiger partial charge is 0.328 e. The second-order valence-electron chi connectivity index (χ2n) is 6.44. The van der Waals surface area contributed by atoms with E-state index in [4.69, 9.17) is 18.9 Å². The quantitative estimate of drug-likeness (QED) is 0.691. The highest BCUT2D eigenvalue weighted by Gasteiger charge is 2.42. The summed E-state index contributed by atoms with van der Waals surface area (Å²) in [5.41, 5.74) is 0.243. The maximum atomic E-state index is 13.9. The molecule has 1 saturated heterocycles. The number of nitrogens with zero attached hydrogens (tertiary/aromatic N) is 1. The average Bonchev–Trinajstić information content (AvgIpc) is 3.17. The van der Waals surface area contributed by atoms with Gasteiger partial charge in [-0.15, -0.1) is 0 Å². The Balaban J connectivity index is 1.89. The van der Waals surface area contributed by atoms with Gasteiger partial charge in [-0.1, -0.05) is 18.2 Å². The third kappa shape index (κ3) is 4.11. The van der Waals surface area contributed by atoms with Crippen LogP contribution in [0.15, 0.2) is 42.5 Å². The van der Waals surface area contributed by atoms with Gasteiger partial charge in [0.05, 0.1) is 33.4 Å². The molecular weight excluding hydrogens is 381 g/mol. The Bertz CT molecular complexity index is 902. The molecule has 1 aliphatic heterocycles. The fourth-order valence-corrected chi connectivity index (χ4v) is 3.40. The number of amides is 1. The first-order valence-electron chi connectivity index (χ1n) is 9.01. The van der Waals surface area contributed by atoms with Gasteiger partial charge in [0, 0.05) is 6.42 Å². The molecular formula is C21H22FNO6. The minimum absolute atomic E-state index is 0.0642.